The third kappa shape index (κ3) is 5.05. The van der Waals surface area contributed by atoms with Crippen molar-refractivity contribution in [3.05, 3.63) is 40.7 Å². The lowest BCUT2D eigenvalue weighted by Gasteiger charge is -2.06. The molecule has 0 bridgehead atoms. The number of nitrogens with zero attached hydrogens (tertiary/aromatic N) is 2. The van der Waals surface area contributed by atoms with E-state index in [-0.39, 0.29) is 5.82 Å². The number of amides is 2. The summed E-state index contributed by atoms with van der Waals surface area (Å²) in [5.74, 6) is -0.289. The molecule has 0 aliphatic rings. The summed E-state index contributed by atoms with van der Waals surface area (Å²) < 4.78 is 13.6. The molecule has 1 aromatic heterocycles. The van der Waals surface area contributed by atoms with Crippen LogP contribution in [0.3, 0.4) is 0 Å². The second kappa shape index (κ2) is 7.81. The quantitative estimate of drug-likeness (QED) is 0.760. The van der Waals surface area contributed by atoms with E-state index >= 15 is 0 Å². The molecule has 1 atom stereocenters. The number of rotatable bonds is 6. The van der Waals surface area contributed by atoms with Crippen molar-refractivity contribution in [2.45, 2.75) is 25.9 Å². The number of urea groups is 1. The zero-order valence-corrected chi connectivity index (χ0v) is 12.9. The molecule has 2 aromatic rings. The van der Waals surface area contributed by atoms with E-state index in [0.717, 1.165) is 0 Å². The summed E-state index contributed by atoms with van der Waals surface area (Å²) in [5.41, 5.74) is 0.534. The van der Waals surface area contributed by atoms with E-state index < -0.39 is 12.1 Å². The number of benzene rings is 1. The number of aliphatic hydroxyl groups excluding tert-OH is 1. The second-order valence-corrected chi connectivity index (χ2v) is 5.85. The van der Waals surface area contributed by atoms with Gasteiger partial charge in [0.2, 0.25) is 5.13 Å². The molecule has 0 saturated heterocycles. The SMILES string of the molecule is CC(O)CCNC(=O)Nc1nnc(Cc2ccccc2F)s1. The van der Waals surface area contributed by atoms with Crippen LogP contribution >= 0.6 is 11.3 Å². The fraction of sp³-hybridized carbons (Fsp3) is 0.357. The zero-order chi connectivity index (χ0) is 15.9. The average molecular weight is 324 g/mol. The number of aromatic nitrogens is 2. The molecule has 0 spiro atoms. The summed E-state index contributed by atoms with van der Waals surface area (Å²) >= 11 is 1.19. The highest BCUT2D eigenvalue weighted by atomic mass is 32.1. The minimum atomic E-state index is -0.464. The third-order valence-corrected chi connectivity index (χ3v) is 3.67. The van der Waals surface area contributed by atoms with Crippen molar-refractivity contribution in [1.82, 2.24) is 15.5 Å². The molecule has 0 radical (unpaired) electrons. The summed E-state index contributed by atoms with van der Waals surface area (Å²) in [6.07, 6.45) is 0.340. The summed E-state index contributed by atoms with van der Waals surface area (Å²) in [7, 11) is 0. The number of hydrogen-bond donors (Lipinski definition) is 3. The van der Waals surface area contributed by atoms with E-state index in [2.05, 4.69) is 20.8 Å². The van der Waals surface area contributed by atoms with Gasteiger partial charge < -0.3 is 10.4 Å². The van der Waals surface area contributed by atoms with Gasteiger partial charge in [0.1, 0.15) is 10.8 Å². The number of aliphatic hydroxyl groups is 1. The molecule has 1 unspecified atom stereocenters. The molecule has 1 heterocycles. The first kappa shape index (κ1) is 16.3. The Morgan fingerprint density at radius 1 is 1.41 bits per heavy atom. The van der Waals surface area contributed by atoms with Gasteiger partial charge in [0, 0.05) is 13.0 Å². The van der Waals surface area contributed by atoms with Crippen LogP contribution in [0, 0.1) is 5.82 Å². The monoisotopic (exact) mass is 324 g/mol. The van der Waals surface area contributed by atoms with Gasteiger partial charge in [-0.2, -0.15) is 0 Å². The Balaban J connectivity index is 1.86. The average Bonchev–Trinajstić information content (AvgIpc) is 2.88. The van der Waals surface area contributed by atoms with Crippen LogP contribution in [-0.2, 0) is 6.42 Å². The summed E-state index contributed by atoms with van der Waals surface area (Å²) in [5, 5.41) is 23.0. The van der Waals surface area contributed by atoms with Crippen molar-refractivity contribution >= 4 is 22.5 Å². The smallest absolute Gasteiger partial charge is 0.321 e. The lowest BCUT2D eigenvalue weighted by molar-refractivity contribution is 0.184. The van der Waals surface area contributed by atoms with E-state index in [9.17, 15) is 9.18 Å². The largest absolute Gasteiger partial charge is 0.393 e. The fourth-order valence-corrected chi connectivity index (χ4v) is 2.47. The fourth-order valence-electron chi connectivity index (χ4n) is 1.72. The molecule has 0 fully saturated rings. The summed E-state index contributed by atoms with van der Waals surface area (Å²) in [6, 6.07) is 6.06. The van der Waals surface area contributed by atoms with Crippen LogP contribution in [0.25, 0.3) is 0 Å². The number of halogens is 1. The predicted molar refractivity (Wildman–Crippen MR) is 82.4 cm³/mol. The minimum absolute atomic E-state index is 0.289. The third-order valence-electron chi connectivity index (χ3n) is 2.83. The molecule has 2 amide bonds. The first-order chi connectivity index (χ1) is 10.5. The number of hydrogen-bond acceptors (Lipinski definition) is 5. The van der Waals surface area contributed by atoms with Crippen LogP contribution in [0.4, 0.5) is 14.3 Å². The Morgan fingerprint density at radius 3 is 2.91 bits per heavy atom. The highest BCUT2D eigenvalue weighted by Gasteiger charge is 2.10. The molecule has 6 nitrogen and oxygen atoms in total. The van der Waals surface area contributed by atoms with Crippen molar-refractivity contribution in [3.8, 4) is 0 Å². The first-order valence-electron chi connectivity index (χ1n) is 6.83. The lowest BCUT2D eigenvalue weighted by Crippen LogP contribution is -2.30. The van der Waals surface area contributed by atoms with Gasteiger partial charge in [-0.3, -0.25) is 5.32 Å². The lowest BCUT2D eigenvalue weighted by atomic mass is 10.1. The number of carbonyl (C=O) groups is 1. The van der Waals surface area contributed by atoms with Crippen LogP contribution in [0.1, 0.15) is 23.9 Å². The van der Waals surface area contributed by atoms with Crippen LogP contribution < -0.4 is 10.6 Å². The first-order valence-corrected chi connectivity index (χ1v) is 7.65. The number of nitrogens with one attached hydrogen (secondary N) is 2. The molecular weight excluding hydrogens is 307 g/mol. The van der Waals surface area contributed by atoms with Gasteiger partial charge in [0.25, 0.3) is 0 Å². The van der Waals surface area contributed by atoms with Crippen LogP contribution in [0.2, 0.25) is 0 Å². The molecule has 0 aliphatic carbocycles. The molecule has 0 saturated carbocycles. The van der Waals surface area contributed by atoms with Gasteiger partial charge in [0.15, 0.2) is 0 Å². The van der Waals surface area contributed by atoms with E-state index in [1.165, 1.54) is 17.4 Å². The Morgan fingerprint density at radius 2 is 2.18 bits per heavy atom. The summed E-state index contributed by atoms with van der Waals surface area (Å²) in [6.45, 7) is 2.02. The van der Waals surface area contributed by atoms with Crippen molar-refractivity contribution in [3.63, 3.8) is 0 Å². The maximum atomic E-state index is 13.6. The van der Waals surface area contributed by atoms with Crippen molar-refractivity contribution in [2.24, 2.45) is 0 Å². The van der Waals surface area contributed by atoms with Crippen molar-refractivity contribution in [2.75, 3.05) is 11.9 Å². The Hall–Kier alpha value is -2.06. The van der Waals surface area contributed by atoms with Crippen molar-refractivity contribution < 1.29 is 14.3 Å². The van der Waals surface area contributed by atoms with E-state index in [4.69, 9.17) is 5.11 Å². The highest BCUT2D eigenvalue weighted by molar-refractivity contribution is 7.15. The maximum Gasteiger partial charge on any atom is 0.321 e. The molecule has 22 heavy (non-hydrogen) atoms. The van der Waals surface area contributed by atoms with Crippen LogP contribution in [-0.4, -0.2) is 34.0 Å². The molecular formula is C14H17FN4O2S. The topological polar surface area (TPSA) is 87.1 Å². The number of anilines is 1. The van der Waals surface area contributed by atoms with Gasteiger partial charge in [-0.05, 0) is 25.0 Å². The molecule has 118 valence electrons. The molecule has 8 heteroatoms. The van der Waals surface area contributed by atoms with Crippen LogP contribution in [0.5, 0.6) is 0 Å². The molecule has 2 rings (SSSR count). The zero-order valence-electron chi connectivity index (χ0n) is 12.0. The van der Waals surface area contributed by atoms with E-state index in [1.807, 2.05) is 0 Å². The standard InChI is InChI=1S/C14H17FN4O2S/c1-9(20)6-7-16-13(21)17-14-19-18-12(22-14)8-10-4-2-3-5-11(10)15/h2-5,9,20H,6-8H2,1H3,(H2,16,17,19,21). The predicted octanol–water partition coefficient (Wildman–Crippen LogP) is 2.16. The van der Waals surface area contributed by atoms with Crippen LogP contribution in [0.15, 0.2) is 24.3 Å². The van der Waals surface area contributed by atoms with Gasteiger partial charge in [-0.1, -0.05) is 29.5 Å². The maximum absolute atomic E-state index is 13.6. The normalized spacial score (nSPS) is 12.0. The summed E-state index contributed by atoms with van der Waals surface area (Å²) in [4.78, 5) is 11.6. The molecule has 1 aromatic carbocycles. The van der Waals surface area contributed by atoms with E-state index in [0.29, 0.717) is 35.1 Å². The molecule has 0 aliphatic heterocycles. The Kier molecular flexibility index (Phi) is 5.79. The number of carbonyl (C=O) groups excluding carboxylic acids is 1. The minimum Gasteiger partial charge on any atom is -0.393 e. The molecule has 3 N–H and O–H groups in total. The van der Waals surface area contributed by atoms with Gasteiger partial charge in [-0.25, -0.2) is 9.18 Å². The Labute approximate surface area is 131 Å². The van der Waals surface area contributed by atoms with E-state index in [1.54, 1.807) is 25.1 Å². The van der Waals surface area contributed by atoms with Gasteiger partial charge in [0.05, 0.1) is 6.10 Å². The second-order valence-electron chi connectivity index (χ2n) is 4.79. The Bertz CT molecular complexity index is 633. The van der Waals surface area contributed by atoms with Crippen molar-refractivity contribution in [1.29, 1.82) is 0 Å². The highest BCUT2D eigenvalue weighted by Crippen LogP contribution is 2.19. The van der Waals surface area contributed by atoms with Gasteiger partial charge >= 0.3 is 6.03 Å². The van der Waals surface area contributed by atoms with Gasteiger partial charge in [-0.15, -0.1) is 10.2 Å².